The first kappa shape index (κ1) is 17.9. The quantitative estimate of drug-likeness (QED) is 0.619. The first-order valence-corrected chi connectivity index (χ1v) is 7.38. The highest BCUT2D eigenvalue weighted by atomic mass is 16.6. The molecule has 0 aromatic heterocycles. The Morgan fingerprint density at radius 3 is 2.52 bits per heavy atom. The van der Waals surface area contributed by atoms with Gasteiger partial charge in [-0.25, -0.2) is 0 Å². The van der Waals surface area contributed by atoms with E-state index < -0.39 is 10.8 Å². The summed E-state index contributed by atoms with van der Waals surface area (Å²) in [5.41, 5.74) is 1.07. The largest absolute Gasteiger partial charge is 0.495 e. The van der Waals surface area contributed by atoms with Crippen molar-refractivity contribution in [1.82, 2.24) is 0 Å². The Balaban J connectivity index is 2.16. The Bertz CT molecular complexity index is 820. The molecule has 2 rings (SSSR count). The van der Waals surface area contributed by atoms with Crippen molar-refractivity contribution in [3.63, 3.8) is 0 Å². The number of para-hydroxylation sites is 1. The van der Waals surface area contributed by atoms with Crippen LogP contribution in [-0.2, 0) is 16.0 Å². The lowest BCUT2D eigenvalue weighted by molar-refractivity contribution is -0.385. The number of nitrogens with one attached hydrogen (secondary N) is 2. The van der Waals surface area contributed by atoms with Gasteiger partial charge in [0.25, 0.3) is 5.69 Å². The van der Waals surface area contributed by atoms with Crippen LogP contribution in [-0.4, -0.2) is 23.8 Å². The lowest BCUT2D eigenvalue weighted by Gasteiger charge is -2.12. The first-order valence-electron chi connectivity index (χ1n) is 7.38. The fourth-order valence-corrected chi connectivity index (χ4v) is 2.29. The van der Waals surface area contributed by atoms with Gasteiger partial charge < -0.3 is 15.4 Å². The summed E-state index contributed by atoms with van der Waals surface area (Å²) in [6.07, 6.45) is -0.140. The molecule has 0 aliphatic rings. The number of hydrogen-bond acceptors (Lipinski definition) is 5. The van der Waals surface area contributed by atoms with E-state index in [1.54, 1.807) is 30.3 Å². The third kappa shape index (κ3) is 4.77. The van der Waals surface area contributed by atoms with Crippen LogP contribution in [0.15, 0.2) is 42.5 Å². The second-order valence-electron chi connectivity index (χ2n) is 5.21. The number of hydrogen-bond donors (Lipinski definition) is 2. The summed E-state index contributed by atoms with van der Waals surface area (Å²) in [5, 5.41) is 16.3. The summed E-state index contributed by atoms with van der Waals surface area (Å²) in [5.74, 6) is -0.234. The number of carbonyl (C=O) groups excluding carboxylic acids is 2. The highest BCUT2D eigenvalue weighted by Gasteiger charge is 2.16. The zero-order valence-corrected chi connectivity index (χ0v) is 13.7. The Kier molecular flexibility index (Phi) is 5.67. The van der Waals surface area contributed by atoms with Gasteiger partial charge in [-0.05, 0) is 18.2 Å². The van der Waals surface area contributed by atoms with Gasteiger partial charge in [0.05, 0.1) is 24.1 Å². The summed E-state index contributed by atoms with van der Waals surface area (Å²) < 4.78 is 5.14. The summed E-state index contributed by atoms with van der Waals surface area (Å²) >= 11 is 0. The lowest BCUT2D eigenvalue weighted by Crippen LogP contribution is -2.15. The molecule has 25 heavy (non-hydrogen) atoms. The Morgan fingerprint density at radius 2 is 1.88 bits per heavy atom. The van der Waals surface area contributed by atoms with Crippen LogP contribution in [0.2, 0.25) is 0 Å². The zero-order chi connectivity index (χ0) is 18.4. The molecule has 2 amide bonds. The lowest BCUT2D eigenvalue weighted by atomic mass is 10.1. The van der Waals surface area contributed by atoms with Gasteiger partial charge in [-0.1, -0.05) is 18.2 Å². The van der Waals surface area contributed by atoms with E-state index >= 15 is 0 Å². The molecule has 0 radical (unpaired) electrons. The van der Waals surface area contributed by atoms with E-state index in [2.05, 4.69) is 10.6 Å². The standard InChI is InChI=1S/C17H17N3O5/c1-11(21)18-14-10-13(7-8-16(14)25-2)19-17(22)9-12-5-3-4-6-15(12)20(23)24/h3-8,10H,9H2,1-2H3,(H,18,21)(H,19,22). The number of nitro benzene ring substituents is 1. The highest BCUT2D eigenvalue weighted by molar-refractivity contribution is 5.95. The van der Waals surface area contributed by atoms with Crippen LogP contribution in [0.25, 0.3) is 0 Å². The van der Waals surface area contributed by atoms with Crippen molar-refractivity contribution in [2.45, 2.75) is 13.3 Å². The predicted molar refractivity (Wildman–Crippen MR) is 92.7 cm³/mol. The molecular formula is C17H17N3O5. The van der Waals surface area contributed by atoms with Gasteiger partial charge in [-0.15, -0.1) is 0 Å². The third-order valence-corrected chi connectivity index (χ3v) is 3.33. The molecule has 0 bridgehead atoms. The normalized spacial score (nSPS) is 10.0. The van der Waals surface area contributed by atoms with Gasteiger partial charge in [0.15, 0.2) is 0 Å². The van der Waals surface area contributed by atoms with Crippen molar-refractivity contribution >= 4 is 28.9 Å². The molecule has 2 aromatic rings. The number of anilines is 2. The third-order valence-electron chi connectivity index (χ3n) is 3.33. The van der Waals surface area contributed by atoms with Crippen LogP contribution in [0.3, 0.4) is 0 Å². The van der Waals surface area contributed by atoms with Crippen LogP contribution in [0.5, 0.6) is 5.75 Å². The smallest absolute Gasteiger partial charge is 0.273 e. The molecule has 0 aliphatic heterocycles. The van der Waals surface area contributed by atoms with E-state index in [4.69, 9.17) is 4.74 Å². The second kappa shape index (κ2) is 7.91. The Labute approximate surface area is 144 Å². The zero-order valence-electron chi connectivity index (χ0n) is 13.7. The molecule has 130 valence electrons. The topological polar surface area (TPSA) is 111 Å². The van der Waals surface area contributed by atoms with Crippen molar-refractivity contribution < 1.29 is 19.2 Å². The molecule has 8 heteroatoms. The molecule has 0 heterocycles. The van der Waals surface area contributed by atoms with Gasteiger partial charge in [-0.2, -0.15) is 0 Å². The number of rotatable bonds is 6. The van der Waals surface area contributed by atoms with Gasteiger partial charge in [-0.3, -0.25) is 19.7 Å². The molecule has 0 spiro atoms. The predicted octanol–water partition coefficient (Wildman–Crippen LogP) is 2.74. The second-order valence-corrected chi connectivity index (χ2v) is 5.21. The van der Waals surface area contributed by atoms with Gasteiger partial charge in [0.1, 0.15) is 5.75 Å². The van der Waals surface area contributed by atoms with E-state index in [1.165, 1.54) is 26.2 Å². The average molecular weight is 343 g/mol. The number of methoxy groups -OCH3 is 1. The minimum absolute atomic E-state index is 0.105. The molecule has 0 unspecified atom stereocenters. The Morgan fingerprint density at radius 1 is 1.16 bits per heavy atom. The molecule has 0 fully saturated rings. The maximum atomic E-state index is 12.2. The maximum Gasteiger partial charge on any atom is 0.273 e. The van der Waals surface area contributed by atoms with E-state index in [0.717, 1.165) is 0 Å². The van der Waals surface area contributed by atoms with Crippen LogP contribution in [0.1, 0.15) is 12.5 Å². The minimum atomic E-state index is -0.523. The number of ether oxygens (including phenoxy) is 1. The molecule has 0 saturated carbocycles. The highest BCUT2D eigenvalue weighted by Crippen LogP contribution is 2.28. The molecular weight excluding hydrogens is 326 g/mol. The number of benzene rings is 2. The van der Waals surface area contributed by atoms with Crippen LogP contribution in [0.4, 0.5) is 17.1 Å². The summed E-state index contributed by atoms with van der Waals surface area (Å²) in [6, 6.07) is 10.8. The summed E-state index contributed by atoms with van der Waals surface area (Å²) in [7, 11) is 1.47. The summed E-state index contributed by atoms with van der Waals surface area (Å²) in [4.78, 5) is 33.9. The minimum Gasteiger partial charge on any atom is -0.495 e. The van der Waals surface area contributed by atoms with Crippen molar-refractivity contribution in [1.29, 1.82) is 0 Å². The van der Waals surface area contributed by atoms with E-state index in [1.807, 2.05) is 0 Å². The number of amides is 2. The van der Waals surface area contributed by atoms with Gasteiger partial charge >= 0.3 is 0 Å². The van der Waals surface area contributed by atoms with Crippen molar-refractivity contribution in [2.24, 2.45) is 0 Å². The van der Waals surface area contributed by atoms with Crippen LogP contribution >= 0.6 is 0 Å². The van der Waals surface area contributed by atoms with Crippen molar-refractivity contribution in [3.8, 4) is 5.75 Å². The van der Waals surface area contributed by atoms with Crippen molar-refractivity contribution in [3.05, 3.63) is 58.1 Å². The average Bonchev–Trinajstić information content (AvgIpc) is 2.54. The van der Waals surface area contributed by atoms with E-state index in [9.17, 15) is 19.7 Å². The van der Waals surface area contributed by atoms with E-state index in [0.29, 0.717) is 22.7 Å². The molecule has 8 nitrogen and oxygen atoms in total. The Hall–Kier alpha value is -3.42. The first-order chi connectivity index (χ1) is 11.9. The number of nitro groups is 1. The van der Waals surface area contributed by atoms with Gasteiger partial charge in [0, 0.05) is 24.2 Å². The molecule has 0 aliphatic carbocycles. The monoisotopic (exact) mass is 343 g/mol. The fraction of sp³-hybridized carbons (Fsp3) is 0.176. The fourth-order valence-electron chi connectivity index (χ4n) is 2.29. The molecule has 0 atom stereocenters. The van der Waals surface area contributed by atoms with Crippen LogP contribution in [0, 0.1) is 10.1 Å². The maximum absolute atomic E-state index is 12.2. The molecule has 2 aromatic carbocycles. The summed E-state index contributed by atoms with van der Waals surface area (Å²) in [6.45, 7) is 1.36. The molecule has 0 saturated heterocycles. The van der Waals surface area contributed by atoms with Crippen molar-refractivity contribution in [2.75, 3.05) is 17.7 Å². The number of carbonyl (C=O) groups is 2. The van der Waals surface area contributed by atoms with E-state index in [-0.39, 0.29) is 18.0 Å². The molecule has 2 N–H and O–H groups in total. The van der Waals surface area contributed by atoms with Crippen LogP contribution < -0.4 is 15.4 Å². The SMILES string of the molecule is COc1ccc(NC(=O)Cc2ccccc2[N+](=O)[O-])cc1NC(C)=O. The number of nitrogens with zero attached hydrogens (tertiary/aromatic N) is 1. The van der Waals surface area contributed by atoms with Gasteiger partial charge in [0.2, 0.25) is 11.8 Å².